The third-order valence-corrected chi connectivity index (χ3v) is 5.93. The van der Waals surface area contributed by atoms with Gasteiger partial charge >= 0.3 is 0 Å². The van der Waals surface area contributed by atoms with Gasteiger partial charge in [-0.25, -0.2) is 8.42 Å². The van der Waals surface area contributed by atoms with Crippen molar-refractivity contribution in [2.75, 3.05) is 4.72 Å². The van der Waals surface area contributed by atoms with E-state index in [0.29, 0.717) is 27.1 Å². The molecule has 0 aliphatic heterocycles. The topological polar surface area (TPSA) is 79.0 Å². The van der Waals surface area contributed by atoms with E-state index in [0.717, 1.165) is 0 Å². The summed E-state index contributed by atoms with van der Waals surface area (Å²) in [6.07, 6.45) is 0. The van der Waals surface area contributed by atoms with Crippen molar-refractivity contribution in [3.05, 3.63) is 94.2 Å². The molecule has 5 nitrogen and oxygen atoms in total. The maximum Gasteiger partial charge on any atom is 0.273 e. The summed E-state index contributed by atoms with van der Waals surface area (Å²) in [5.41, 5.74) is 1.15. The van der Waals surface area contributed by atoms with Crippen LogP contribution in [0.4, 0.5) is 5.69 Å². The van der Waals surface area contributed by atoms with Gasteiger partial charge in [0.1, 0.15) is 5.69 Å². The summed E-state index contributed by atoms with van der Waals surface area (Å²) < 4.78 is 28.2. The van der Waals surface area contributed by atoms with Crippen molar-refractivity contribution in [3.63, 3.8) is 0 Å². The molecule has 0 aliphatic carbocycles. The number of pyridine rings is 1. The number of anilines is 1. The van der Waals surface area contributed by atoms with E-state index in [4.69, 9.17) is 11.6 Å². The summed E-state index contributed by atoms with van der Waals surface area (Å²) >= 11 is 6.17. The zero-order valence-electron chi connectivity index (χ0n) is 14.5. The van der Waals surface area contributed by atoms with Gasteiger partial charge in [-0.15, -0.1) is 0 Å². The van der Waals surface area contributed by atoms with Gasteiger partial charge < -0.3 is 4.98 Å². The summed E-state index contributed by atoms with van der Waals surface area (Å²) in [5.74, 6) is 0. The van der Waals surface area contributed by atoms with Crippen molar-refractivity contribution in [1.29, 1.82) is 0 Å². The number of hydrogen-bond acceptors (Lipinski definition) is 3. The second-order valence-electron chi connectivity index (χ2n) is 6.18. The first-order valence-electron chi connectivity index (χ1n) is 8.44. The van der Waals surface area contributed by atoms with Gasteiger partial charge in [0.25, 0.3) is 15.6 Å². The lowest BCUT2D eigenvalue weighted by Gasteiger charge is -2.15. The fraction of sp³-hybridized carbons (Fsp3) is 0. The van der Waals surface area contributed by atoms with Gasteiger partial charge in [0.15, 0.2) is 0 Å². The van der Waals surface area contributed by atoms with Crippen molar-refractivity contribution in [3.8, 4) is 11.1 Å². The second kappa shape index (κ2) is 7.14. The monoisotopic (exact) mass is 410 g/mol. The van der Waals surface area contributed by atoms with Crippen LogP contribution in [-0.2, 0) is 10.0 Å². The van der Waals surface area contributed by atoms with Gasteiger partial charge in [-0.05, 0) is 35.9 Å². The fourth-order valence-electron chi connectivity index (χ4n) is 3.06. The third kappa shape index (κ3) is 3.40. The zero-order chi connectivity index (χ0) is 19.7. The summed E-state index contributed by atoms with van der Waals surface area (Å²) in [6, 6.07) is 22.1. The Hall–Kier alpha value is -3.09. The lowest BCUT2D eigenvalue weighted by Crippen LogP contribution is -2.21. The Kier molecular flexibility index (Phi) is 4.66. The Bertz CT molecular complexity index is 1320. The molecular formula is C21H15ClN2O3S. The fourth-order valence-corrected chi connectivity index (χ4v) is 4.33. The molecule has 1 aromatic heterocycles. The molecule has 0 fully saturated rings. The molecule has 4 rings (SSSR count). The number of aromatic nitrogens is 1. The molecule has 0 aliphatic rings. The van der Waals surface area contributed by atoms with Crippen molar-refractivity contribution < 1.29 is 8.42 Å². The standard InChI is InChI=1S/C21H15ClN2O3S/c22-15-11-12-18-17(13-15)19(14-7-3-1-4-8-14)20(21(25)23-18)24-28(26,27)16-9-5-2-6-10-16/h1-13,24H,(H,23,25). The number of nitrogens with one attached hydrogen (secondary N) is 2. The molecule has 7 heteroatoms. The molecule has 0 saturated carbocycles. The van der Waals surface area contributed by atoms with Crippen LogP contribution in [0, 0.1) is 0 Å². The molecule has 3 aromatic carbocycles. The van der Waals surface area contributed by atoms with E-state index >= 15 is 0 Å². The van der Waals surface area contributed by atoms with Crippen LogP contribution in [-0.4, -0.2) is 13.4 Å². The minimum absolute atomic E-state index is 0.0511. The number of hydrogen-bond donors (Lipinski definition) is 2. The molecule has 1 heterocycles. The van der Waals surface area contributed by atoms with E-state index in [1.807, 2.05) is 30.3 Å². The van der Waals surface area contributed by atoms with E-state index in [1.54, 1.807) is 36.4 Å². The minimum Gasteiger partial charge on any atom is -0.320 e. The molecule has 140 valence electrons. The van der Waals surface area contributed by atoms with Crippen LogP contribution >= 0.6 is 11.6 Å². The smallest absolute Gasteiger partial charge is 0.273 e. The van der Waals surface area contributed by atoms with Crippen molar-refractivity contribution >= 4 is 38.2 Å². The number of sulfonamides is 1. The van der Waals surface area contributed by atoms with Crippen LogP contribution in [0.15, 0.2) is 88.6 Å². The molecule has 0 amide bonds. The van der Waals surface area contributed by atoms with Crippen LogP contribution in [0.1, 0.15) is 0 Å². The number of halogens is 1. The maximum atomic E-state index is 12.9. The van der Waals surface area contributed by atoms with Crippen molar-refractivity contribution in [2.24, 2.45) is 0 Å². The SMILES string of the molecule is O=c1[nH]c2ccc(Cl)cc2c(-c2ccccc2)c1NS(=O)(=O)c1ccccc1. The van der Waals surface area contributed by atoms with E-state index in [9.17, 15) is 13.2 Å². The number of rotatable bonds is 4. The first-order valence-corrected chi connectivity index (χ1v) is 10.3. The van der Waals surface area contributed by atoms with Crippen molar-refractivity contribution in [1.82, 2.24) is 4.98 Å². The quantitative estimate of drug-likeness (QED) is 0.514. The molecule has 0 saturated heterocycles. The molecule has 0 bridgehead atoms. The van der Waals surface area contributed by atoms with Crippen LogP contribution < -0.4 is 10.3 Å². The maximum absolute atomic E-state index is 12.9. The molecule has 0 spiro atoms. The lowest BCUT2D eigenvalue weighted by molar-refractivity contribution is 0.601. The first-order chi connectivity index (χ1) is 13.5. The summed E-state index contributed by atoms with van der Waals surface area (Å²) in [6.45, 7) is 0. The van der Waals surface area contributed by atoms with Gasteiger partial charge in [0.2, 0.25) is 0 Å². The highest BCUT2D eigenvalue weighted by Crippen LogP contribution is 2.34. The van der Waals surface area contributed by atoms with E-state index in [2.05, 4.69) is 9.71 Å². The average molecular weight is 411 g/mol. The lowest BCUT2D eigenvalue weighted by atomic mass is 10.00. The third-order valence-electron chi connectivity index (χ3n) is 4.33. The second-order valence-corrected chi connectivity index (χ2v) is 8.30. The number of benzene rings is 3. The van der Waals surface area contributed by atoms with Gasteiger partial charge in [-0.1, -0.05) is 60.1 Å². The van der Waals surface area contributed by atoms with Crippen LogP contribution in [0.5, 0.6) is 0 Å². The predicted molar refractivity (Wildman–Crippen MR) is 112 cm³/mol. The highest BCUT2D eigenvalue weighted by Gasteiger charge is 2.21. The Morgan fingerprint density at radius 1 is 0.857 bits per heavy atom. The molecular weight excluding hydrogens is 396 g/mol. The van der Waals surface area contributed by atoms with Crippen molar-refractivity contribution in [2.45, 2.75) is 4.90 Å². The largest absolute Gasteiger partial charge is 0.320 e. The normalized spacial score (nSPS) is 11.5. The summed E-state index contributed by atoms with van der Waals surface area (Å²) in [5, 5.41) is 1.12. The Morgan fingerprint density at radius 2 is 1.50 bits per heavy atom. The zero-order valence-corrected chi connectivity index (χ0v) is 16.1. The van der Waals surface area contributed by atoms with Crippen LogP contribution in [0.2, 0.25) is 5.02 Å². The Balaban J connectivity index is 2.01. The van der Waals surface area contributed by atoms with E-state index in [1.165, 1.54) is 12.1 Å². The Labute approximate surface area is 166 Å². The molecule has 28 heavy (non-hydrogen) atoms. The van der Waals surface area contributed by atoms with Gasteiger partial charge in [0, 0.05) is 21.5 Å². The van der Waals surface area contributed by atoms with E-state index < -0.39 is 15.6 Å². The van der Waals surface area contributed by atoms with Gasteiger partial charge in [0.05, 0.1) is 4.90 Å². The summed E-state index contributed by atoms with van der Waals surface area (Å²) in [4.78, 5) is 15.6. The van der Waals surface area contributed by atoms with Gasteiger partial charge in [-0.3, -0.25) is 9.52 Å². The average Bonchev–Trinajstić information content (AvgIpc) is 2.70. The molecule has 2 N–H and O–H groups in total. The predicted octanol–water partition coefficient (Wildman–Crippen LogP) is 4.65. The van der Waals surface area contributed by atoms with Gasteiger partial charge in [-0.2, -0.15) is 0 Å². The van der Waals surface area contributed by atoms with Crippen LogP contribution in [0.25, 0.3) is 22.0 Å². The highest BCUT2D eigenvalue weighted by atomic mass is 35.5. The number of fused-ring (bicyclic) bond motifs is 1. The molecule has 0 atom stereocenters. The number of H-pyrrole nitrogens is 1. The Morgan fingerprint density at radius 3 is 2.18 bits per heavy atom. The minimum atomic E-state index is -3.95. The molecule has 4 aromatic rings. The summed E-state index contributed by atoms with van der Waals surface area (Å²) in [7, 11) is -3.95. The number of aromatic amines is 1. The highest BCUT2D eigenvalue weighted by molar-refractivity contribution is 7.92. The molecule has 0 radical (unpaired) electrons. The molecule has 0 unspecified atom stereocenters. The van der Waals surface area contributed by atoms with E-state index in [-0.39, 0.29) is 10.6 Å². The first kappa shape index (κ1) is 18.3. The van der Waals surface area contributed by atoms with Crippen LogP contribution in [0.3, 0.4) is 0 Å².